The van der Waals surface area contributed by atoms with Crippen molar-refractivity contribution in [3.05, 3.63) is 71.9 Å². The number of carbonyl (C=O) groups excluding carboxylic acids is 1. The summed E-state index contributed by atoms with van der Waals surface area (Å²) in [6.45, 7) is 2.97. The highest BCUT2D eigenvalue weighted by atomic mass is 16.2. The van der Waals surface area contributed by atoms with E-state index in [2.05, 4.69) is 25.9 Å². The van der Waals surface area contributed by atoms with Crippen molar-refractivity contribution in [2.24, 2.45) is 0 Å². The fraction of sp³-hybridized carbons (Fsp3) is 0.190. The normalized spacial score (nSPS) is 16.9. The predicted molar refractivity (Wildman–Crippen MR) is 105 cm³/mol. The molecule has 0 saturated heterocycles. The van der Waals surface area contributed by atoms with Gasteiger partial charge in [-0.25, -0.2) is 9.97 Å². The molecule has 6 bridgehead atoms. The molecule has 5 rings (SSSR count). The van der Waals surface area contributed by atoms with E-state index in [1.807, 2.05) is 61.5 Å². The van der Waals surface area contributed by atoms with Crippen molar-refractivity contribution < 1.29 is 4.79 Å². The van der Waals surface area contributed by atoms with Crippen LogP contribution in [0.3, 0.4) is 0 Å². The lowest BCUT2D eigenvalue weighted by molar-refractivity contribution is -0.122. The number of hydrogen-bond donors (Lipinski definition) is 3. The highest BCUT2D eigenvalue weighted by molar-refractivity contribution is 5.81. The van der Waals surface area contributed by atoms with Gasteiger partial charge >= 0.3 is 0 Å². The fourth-order valence-electron chi connectivity index (χ4n) is 2.96. The zero-order valence-corrected chi connectivity index (χ0v) is 15.1. The van der Waals surface area contributed by atoms with Crippen LogP contribution in [0.15, 0.2) is 60.8 Å². The maximum absolute atomic E-state index is 12.4. The van der Waals surface area contributed by atoms with Crippen molar-refractivity contribution in [1.29, 1.82) is 0 Å². The SMILES string of the molecule is C[C@@H]1NCc2ccc(cc2)Nc2nccc(n2)-c2cccc(c2)CNC1=O. The molecule has 0 aliphatic carbocycles. The van der Waals surface area contributed by atoms with Gasteiger partial charge in [0.2, 0.25) is 11.9 Å². The molecule has 1 aromatic heterocycles. The third-order valence-electron chi connectivity index (χ3n) is 4.56. The molecule has 2 aromatic carbocycles. The summed E-state index contributed by atoms with van der Waals surface area (Å²) in [5, 5.41) is 9.49. The lowest BCUT2D eigenvalue weighted by Crippen LogP contribution is -2.41. The number of fused-ring (bicyclic) bond motifs is 7. The molecule has 1 atom stereocenters. The van der Waals surface area contributed by atoms with Gasteiger partial charge in [-0.05, 0) is 42.3 Å². The van der Waals surface area contributed by atoms with Crippen LogP contribution in [0.1, 0.15) is 18.1 Å². The van der Waals surface area contributed by atoms with E-state index in [0.29, 0.717) is 19.0 Å². The van der Waals surface area contributed by atoms with E-state index in [4.69, 9.17) is 0 Å². The summed E-state index contributed by atoms with van der Waals surface area (Å²) in [4.78, 5) is 21.3. The molecule has 0 radical (unpaired) electrons. The molecule has 6 nitrogen and oxygen atoms in total. The summed E-state index contributed by atoms with van der Waals surface area (Å²) in [6.07, 6.45) is 1.74. The fourth-order valence-corrected chi connectivity index (χ4v) is 2.96. The number of aromatic nitrogens is 2. The Hall–Kier alpha value is -3.25. The van der Waals surface area contributed by atoms with Gasteiger partial charge in [0.15, 0.2) is 0 Å². The lowest BCUT2D eigenvalue weighted by Gasteiger charge is -2.14. The van der Waals surface area contributed by atoms with E-state index in [1.165, 1.54) is 0 Å². The van der Waals surface area contributed by atoms with Gasteiger partial charge in [0, 0.05) is 30.5 Å². The van der Waals surface area contributed by atoms with Gasteiger partial charge in [-0.1, -0.05) is 30.3 Å². The van der Waals surface area contributed by atoms with E-state index >= 15 is 0 Å². The standard InChI is InChI=1S/C21H21N5O/c1-14-20(27)24-13-16-3-2-4-17(11-16)19-9-10-22-21(26-19)25-18-7-5-15(6-8-18)12-23-14/h2-11,14,23H,12-13H2,1H3,(H,24,27)(H,22,25,26)/t14-/m0/s1. The zero-order chi connectivity index (χ0) is 18.6. The second-order valence-electron chi connectivity index (χ2n) is 6.61. The maximum Gasteiger partial charge on any atom is 0.237 e. The number of nitrogens with zero attached hydrogens (tertiary/aromatic N) is 2. The minimum atomic E-state index is -0.275. The summed E-state index contributed by atoms with van der Waals surface area (Å²) in [5.41, 5.74) is 4.86. The summed E-state index contributed by atoms with van der Waals surface area (Å²) in [7, 11) is 0. The Morgan fingerprint density at radius 3 is 2.70 bits per heavy atom. The second kappa shape index (κ2) is 7.55. The maximum atomic E-state index is 12.4. The predicted octanol–water partition coefficient (Wildman–Crippen LogP) is 3.00. The van der Waals surface area contributed by atoms with Crippen LogP contribution in [-0.2, 0) is 17.9 Å². The average molecular weight is 359 g/mol. The van der Waals surface area contributed by atoms with Gasteiger partial charge in [-0.3, -0.25) is 4.79 Å². The Morgan fingerprint density at radius 2 is 1.85 bits per heavy atom. The monoisotopic (exact) mass is 359 g/mol. The van der Waals surface area contributed by atoms with Gasteiger partial charge in [0.1, 0.15) is 0 Å². The quantitative estimate of drug-likeness (QED) is 0.575. The Labute approximate surface area is 158 Å². The van der Waals surface area contributed by atoms with Crippen LogP contribution in [0.2, 0.25) is 0 Å². The Morgan fingerprint density at radius 1 is 1.00 bits per heavy atom. The van der Waals surface area contributed by atoms with Crippen LogP contribution in [0, 0.1) is 0 Å². The van der Waals surface area contributed by atoms with Crippen LogP contribution in [0.4, 0.5) is 11.6 Å². The minimum absolute atomic E-state index is 0.0210. The van der Waals surface area contributed by atoms with E-state index in [1.54, 1.807) is 6.20 Å². The summed E-state index contributed by atoms with van der Waals surface area (Å²) in [5.74, 6) is 0.530. The molecule has 0 saturated carbocycles. The van der Waals surface area contributed by atoms with E-state index < -0.39 is 0 Å². The first-order chi connectivity index (χ1) is 13.2. The van der Waals surface area contributed by atoms with Crippen molar-refractivity contribution in [2.45, 2.75) is 26.1 Å². The molecule has 0 unspecified atom stereocenters. The van der Waals surface area contributed by atoms with E-state index in [9.17, 15) is 4.79 Å². The number of rotatable bonds is 0. The first kappa shape index (κ1) is 17.2. The molecule has 0 fully saturated rings. The lowest BCUT2D eigenvalue weighted by atomic mass is 10.1. The Balaban J connectivity index is 1.71. The molecule has 0 spiro atoms. The molecule has 1 amide bonds. The molecule has 136 valence electrons. The molecule has 2 aliphatic rings. The molecule has 3 heterocycles. The first-order valence-electron chi connectivity index (χ1n) is 8.97. The van der Waals surface area contributed by atoms with Crippen molar-refractivity contribution in [3.63, 3.8) is 0 Å². The Bertz CT molecular complexity index is 955. The van der Waals surface area contributed by atoms with Gasteiger partial charge in [-0.15, -0.1) is 0 Å². The van der Waals surface area contributed by atoms with Crippen LogP contribution >= 0.6 is 0 Å². The first-order valence-corrected chi connectivity index (χ1v) is 8.97. The number of amides is 1. The smallest absolute Gasteiger partial charge is 0.237 e. The number of benzene rings is 2. The number of hydrogen-bond acceptors (Lipinski definition) is 5. The second-order valence-corrected chi connectivity index (χ2v) is 6.61. The highest BCUT2D eigenvalue weighted by Gasteiger charge is 2.12. The molecule has 3 aromatic rings. The molecular weight excluding hydrogens is 338 g/mol. The highest BCUT2D eigenvalue weighted by Crippen LogP contribution is 2.21. The topological polar surface area (TPSA) is 78.9 Å². The largest absolute Gasteiger partial charge is 0.351 e. The van der Waals surface area contributed by atoms with Crippen molar-refractivity contribution >= 4 is 17.5 Å². The van der Waals surface area contributed by atoms with Crippen LogP contribution < -0.4 is 16.0 Å². The van der Waals surface area contributed by atoms with Crippen LogP contribution in [0.5, 0.6) is 0 Å². The van der Waals surface area contributed by atoms with Crippen LogP contribution in [0.25, 0.3) is 11.3 Å². The molecular formula is C21H21N5O. The number of carbonyl (C=O) groups is 1. The van der Waals surface area contributed by atoms with Crippen LogP contribution in [-0.4, -0.2) is 21.9 Å². The molecule has 6 heteroatoms. The average Bonchev–Trinajstić information content (AvgIpc) is 2.71. The van der Waals surface area contributed by atoms with Gasteiger partial charge < -0.3 is 16.0 Å². The van der Waals surface area contributed by atoms with Gasteiger partial charge in [-0.2, -0.15) is 0 Å². The van der Waals surface area contributed by atoms with E-state index in [-0.39, 0.29) is 11.9 Å². The zero-order valence-electron chi connectivity index (χ0n) is 15.1. The third kappa shape index (κ3) is 4.12. The Kier molecular flexibility index (Phi) is 4.80. The minimum Gasteiger partial charge on any atom is -0.351 e. The summed E-state index contributed by atoms with van der Waals surface area (Å²) >= 11 is 0. The third-order valence-corrected chi connectivity index (χ3v) is 4.56. The van der Waals surface area contributed by atoms with E-state index in [0.717, 1.165) is 28.1 Å². The van der Waals surface area contributed by atoms with Gasteiger partial charge in [0.05, 0.1) is 11.7 Å². The molecule has 27 heavy (non-hydrogen) atoms. The summed E-state index contributed by atoms with van der Waals surface area (Å²) < 4.78 is 0. The number of anilines is 2. The summed E-state index contributed by atoms with van der Waals surface area (Å²) in [6, 6.07) is 17.6. The van der Waals surface area contributed by atoms with Crippen molar-refractivity contribution in [3.8, 4) is 11.3 Å². The molecule has 3 N–H and O–H groups in total. The van der Waals surface area contributed by atoms with Crippen molar-refractivity contribution in [2.75, 3.05) is 5.32 Å². The number of nitrogens with one attached hydrogen (secondary N) is 3. The van der Waals surface area contributed by atoms with Gasteiger partial charge in [0.25, 0.3) is 0 Å². The van der Waals surface area contributed by atoms with Crippen molar-refractivity contribution in [1.82, 2.24) is 20.6 Å². The molecule has 2 aliphatic heterocycles.